The number of esters is 1. The number of carbonyl (C=O) groups excluding carboxylic acids is 2. The van der Waals surface area contributed by atoms with Gasteiger partial charge in [0.2, 0.25) is 0 Å². The minimum Gasteiger partial charge on any atom is -0.459 e. The van der Waals surface area contributed by atoms with Crippen molar-refractivity contribution in [2.75, 3.05) is 25.1 Å². The molecule has 3 aromatic carbocycles. The summed E-state index contributed by atoms with van der Waals surface area (Å²) >= 11 is 0.854. The Morgan fingerprint density at radius 1 is 1.05 bits per heavy atom. The molecule has 2 atom stereocenters. The second-order valence-electron chi connectivity index (χ2n) is 8.26. The van der Waals surface area contributed by atoms with Gasteiger partial charge in [-0.3, -0.25) is 9.10 Å². The van der Waals surface area contributed by atoms with Crippen LogP contribution in [0.2, 0.25) is 0 Å². The van der Waals surface area contributed by atoms with E-state index in [-0.39, 0.29) is 23.6 Å². The molecule has 0 heterocycles. The van der Waals surface area contributed by atoms with Crippen molar-refractivity contribution in [3.8, 4) is 0 Å². The summed E-state index contributed by atoms with van der Waals surface area (Å²) in [5.41, 5.74) is 2.43. The van der Waals surface area contributed by atoms with Crippen LogP contribution < -0.4 is 9.62 Å². The maximum absolute atomic E-state index is 13.3. The molecular formula is C27H29FN2O6S. The molecule has 3 aromatic rings. The summed E-state index contributed by atoms with van der Waals surface area (Å²) in [5.74, 6) is -1.51. The van der Waals surface area contributed by atoms with Gasteiger partial charge in [0.05, 0.1) is 30.5 Å². The number of aliphatic hydroxyl groups excluding tert-OH is 1. The Balaban J connectivity index is 1.75. The molecule has 0 spiro atoms. The van der Waals surface area contributed by atoms with Crippen LogP contribution in [0.4, 0.5) is 10.1 Å². The van der Waals surface area contributed by atoms with Gasteiger partial charge in [-0.1, -0.05) is 42.5 Å². The van der Waals surface area contributed by atoms with Gasteiger partial charge in [-0.2, -0.15) is 0 Å². The molecule has 0 saturated heterocycles. The average Bonchev–Trinajstić information content (AvgIpc) is 2.90. The molecule has 0 saturated carbocycles. The highest BCUT2D eigenvalue weighted by molar-refractivity contribution is 7.95. The number of nitrogens with one attached hydrogen (secondary N) is 1. The Hall–Kier alpha value is -3.44. The zero-order chi connectivity index (χ0) is 26.8. The predicted octanol–water partition coefficient (Wildman–Crippen LogP) is 4.65. The van der Waals surface area contributed by atoms with Gasteiger partial charge in [0.25, 0.3) is 5.91 Å². The third kappa shape index (κ3) is 8.57. The lowest BCUT2D eigenvalue weighted by atomic mass is 10.1. The SMILES string of the molecule is COOSN(C)c1cc(C(=O)N[C@H](C)c2ccc(F)cc2)cc(C(=O)OCC(O)Cc2ccccc2)c1. The second-order valence-corrected chi connectivity index (χ2v) is 9.10. The van der Waals surface area contributed by atoms with Crippen molar-refractivity contribution >= 4 is 29.8 Å². The van der Waals surface area contributed by atoms with Gasteiger partial charge >= 0.3 is 5.97 Å². The summed E-state index contributed by atoms with van der Waals surface area (Å²) in [5, 5.41) is 13.1. The lowest BCUT2D eigenvalue weighted by Gasteiger charge is -2.19. The summed E-state index contributed by atoms with van der Waals surface area (Å²) < 4.78 is 25.0. The van der Waals surface area contributed by atoms with Crippen LogP contribution >= 0.6 is 12.2 Å². The first-order valence-corrected chi connectivity index (χ1v) is 12.2. The van der Waals surface area contributed by atoms with Crippen LogP contribution in [0.1, 0.15) is 44.8 Å². The number of rotatable bonds is 12. The standard InChI is InChI=1S/C27H29FN2O6S/c1-18(20-9-11-23(28)12-10-20)29-26(32)21-14-22(16-24(15-21)30(2)37-36-34-3)27(33)35-17-25(31)13-19-7-5-4-6-8-19/h4-12,14-16,18,25,31H,13,17H2,1-3H3,(H,29,32)/t18-,25?/m1/s1. The van der Waals surface area contributed by atoms with Crippen LogP contribution in [0, 0.1) is 5.82 Å². The summed E-state index contributed by atoms with van der Waals surface area (Å²) in [7, 11) is 3.02. The van der Waals surface area contributed by atoms with Gasteiger partial charge in [0, 0.05) is 19.0 Å². The first-order chi connectivity index (χ1) is 17.8. The fourth-order valence-electron chi connectivity index (χ4n) is 3.48. The fourth-order valence-corrected chi connectivity index (χ4v) is 3.82. The number of amides is 1. The molecule has 0 aliphatic carbocycles. The quantitative estimate of drug-likeness (QED) is 0.115. The lowest BCUT2D eigenvalue weighted by Crippen LogP contribution is -2.27. The molecule has 0 aliphatic rings. The third-order valence-electron chi connectivity index (χ3n) is 5.43. The normalized spacial score (nSPS) is 12.5. The fraction of sp³-hybridized carbons (Fsp3) is 0.259. The highest BCUT2D eigenvalue weighted by Crippen LogP contribution is 2.25. The number of hydrogen-bond donors (Lipinski definition) is 2. The molecule has 10 heteroatoms. The van der Waals surface area contributed by atoms with E-state index in [1.807, 2.05) is 30.3 Å². The van der Waals surface area contributed by atoms with E-state index in [0.717, 1.165) is 23.4 Å². The first-order valence-electron chi connectivity index (χ1n) is 11.5. The molecule has 0 fully saturated rings. The number of anilines is 1. The molecule has 3 rings (SSSR count). The van der Waals surface area contributed by atoms with Crippen molar-refractivity contribution in [3.05, 3.63) is 101 Å². The van der Waals surface area contributed by atoms with E-state index in [1.54, 1.807) is 36.5 Å². The summed E-state index contributed by atoms with van der Waals surface area (Å²) in [6.45, 7) is 1.56. The van der Waals surface area contributed by atoms with Gasteiger partial charge in [0.1, 0.15) is 12.4 Å². The molecule has 37 heavy (non-hydrogen) atoms. The van der Waals surface area contributed by atoms with E-state index < -0.39 is 24.0 Å². The minimum atomic E-state index is -0.887. The molecule has 1 amide bonds. The van der Waals surface area contributed by atoms with E-state index in [2.05, 4.69) is 10.2 Å². The Labute approximate surface area is 219 Å². The van der Waals surface area contributed by atoms with Gasteiger partial charge in [-0.25, -0.2) is 14.1 Å². The Morgan fingerprint density at radius 2 is 1.73 bits per heavy atom. The third-order valence-corrected chi connectivity index (χ3v) is 6.06. The number of carbonyl (C=O) groups is 2. The van der Waals surface area contributed by atoms with Crippen LogP contribution in [0.25, 0.3) is 0 Å². The zero-order valence-corrected chi connectivity index (χ0v) is 21.5. The Morgan fingerprint density at radius 3 is 2.41 bits per heavy atom. The van der Waals surface area contributed by atoms with E-state index in [1.165, 1.54) is 31.4 Å². The molecule has 0 aliphatic heterocycles. The average molecular weight is 529 g/mol. The Bertz CT molecular complexity index is 1180. The lowest BCUT2D eigenvalue weighted by molar-refractivity contribution is -0.160. The summed E-state index contributed by atoms with van der Waals surface area (Å²) in [6.07, 6.45) is -0.557. The number of ether oxygens (including phenoxy) is 1. The second kappa shape index (κ2) is 13.8. The van der Waals surface area contributed by atoms with Crippen LogP contribution in [0.3, 0.4) is 0 Å². The van der Waals surface area contributed by atoms with Gasteiger partial charge < -0.3 is 15.2 Å². The van der Waals surface area contributed by atoms with Crippen molar-refractivity contribution in [2.24, 2.45) is 0 Å². The molecule has 0 bridgehead atoms. The monoisotopic (exact) mass is 528 g/mol. The highest BCUT2D eigenvalue weighted by atomic mass is 32.2. The maximum atomic E-state index is 13.3. The molecule has 0 aromatic heterocycles. The van der Waals surface area contributed by atoms with E-state index in [4.69, 9.17) is 9.07 Å². The van der Waals surface area contributed by atoms with Crippen molar-refractivity contribution < 1.29 is 33.0 Å². The first kappa shape index (κ1) is 28.1. The van der Waals surface area contributed by atoms with Gasteiger partial charge in [-0.05, 0) is 48.4 Å². The van der Waals surface area contributed by atoms with Crippen LogP contribution in [0.15, 0.2) is 72.8 Å². The van der Waals surface area contributed by atoms with Crippen molar-refractivity contribution in [3.63, 3.8) is 0 Å². The van der Waals surface area contributed by atoms with Crippen LogP contribution in [-0.4, -0.2) is 43.9 Å². The number of hydrogen-bond acceptors (Lipinski definition) is 8. The molecule has 196 valence electrons. The van der Waals surface area contributed by atoms with Crippen molar-refractivity contribution in [1.82, 2.24) is 5.32 Å². The van der Waals surface area contributed by atoms with Crippen LogP contribution in [-0.2, 0) is 20.4 Å². The Kier molecular flexibility index (Phi) is 10.5. The molecule has 2 N–H and O–H groups in total. The molecule has 0 radical (unpaired) electrons. The topological polar surface area (TPSA) is 97.3 Å². The predicted molar refractivity (Wildman–Crippen MR) is 139 cm³/mol. The molecule has 8 nitrogen and oxygen atoms in total. The number of halogens is 1. The maximum Gasteiger partial charge on any atom is 0.338 e. The smallest absolute Gasteiger partial charge is 0.338 e. The van der Waals surface area contributed by atoms with Gasteiger partial charge in [-0.15, -0.1) is 4.33 Å². The number of nitrogens with zero attached hydrogens (tertiary/aromatic N) is 1. The molecule has 1 unspecified atom stereocenters. The largest absolute Gasteiger partial charge is 0.459 e. The zero-order valence-electron chi connectivity index (χ0n) is 20.7. The van der Waals surface area contributed by atoms with Gasteiger partial charge in [0.15, 0.2) is 12.2 Å². The van der Waals surface area contributed by atoms with E-state index >= 15 is 0 Å². The van der Waals surface area contributed by atoms with Crippen LogP contribution in [0.5, 0.6) is 0 Å². The highest BCUT2D eigenvalue weighted by Gasteiger charge is 2.19. The number of aliphatic hydroxyl groups is 1. The van der Waals surface area contributed by atoms with Crippen molar-refractivity contribution in [2.45, 2.75) is 25.5 Å². The molecular weight excluding hydrogens is 499 g/mol. The van der Waals surface area contributed by atoms with E-state index in [9.17, 15) is 19.1 Å². The number of benzene rings is 3. The van der Waals surface area contributed by atoms with Crippen molar-refractivity contribution in [1.29, 1.82) is 0 Å². The summed E-state index contributed by atoms with van der Waals surface area (Å²) in [4.78, 5) is 30.5. The minimum absolute atomic E-state index is 0.119. The summed E-state index contributed by atoms with van der Waals surface area (Å²) in [6, 6.07) is 19.3. The van der Waals surface area contributed by atoms with E-state index in [0.29, 0.717) is 12.1 Å².